The van der Waals surface area contributed by atoms with Gasteiger partial charge in [-0.3, -0.25) is 0 Å². The third kappa shape index (κ3) is 8.85. The Bertz CT molecular complexity index is 441. The van der Waals surface area contributed by atoms with Gasteiger partial charge in [-0.05, 0) is 37.8 Å². The molecule has 0 bridgehead atoms. The molecule has 0 aromatic heterocycles. The zero-order valence-electron chi connectivity index (χ0n) is 13.8. The van der Waals surface area contributed by atoms with Crippen molar-refractivity contribution in [3.05, 3.63) is 54.6 Å². The van der Waals surface area contributed by atoms with Crippen LogP contribution >= 0.6 is 0 Å². The molecule has 0 aliphatic rings. The van der Waals surface area contributed by atoms with Crippen LogP contribution in [0.4, 0.5) is 0 Å². The molecule has 0 N–H and O–H groups in total. The first kappa shape index (κ1) is 19.2. The van der Waals surface area contributed by atoms with Crippen LogP contribution in [0.25, 0.3) is 6.08 Å². The van der Waals surface area contributed by atoms with E-state index in [9.17, 15) is 4.79 Å². The minimum absolute atomic E-state index is 0.355. The summed E-state index contributed by atoms with van der Waals surface area (Å²) in [6.45, 7) is 14.9. The molecule has 0 aliphatic carbocycles. The number of rotatable bonds is 6. The van der Waals surface area contributed by atoms with E-state index in [-0.39, 0.29) is 11.6 Å². The molecule has 0 heterocycles. The number of carbonyl (C=O) groups is 1. The van der Waals surface area contributed by atoms with Crippen LogP contribution in [-0.2, 0) is 16.0 Å². The van der Waals surface area contributed by atoms with E-state index in [1.165, 1.54) is 30.0 Å². The summed E-state index contributed by atoms with van der Waals surface area (Å²) in [5, 5.41) is 0. The summed E-state index contributed by atoms with van der Waals surface area (Å²) >= 11 is 0. The van der Waals surface area contributed by atoms with Crippen molar-refractivity contribution in [3.63, 3.8) is 0 Å². The van der Waals surface area contributed by atoms with Gasteiger partial charge in [-0.25, -0.2) is 4.79 Å². The fourth-order valence-electron chi connectivity index (χ4n) is 1.50. The van der Waals surface area contributed by atoms with E-state index in [1.54, 1.807) is 0 Å². The summed E-state index contributed by atoms with van der Waals surface area (Å²) in [7, 11) is 0. The molecule has 0 aliphatic heterocycles. The minimum atomic E-state index is -0.356. The Morgan fingerprint density at radius 3 is 2.14 bits per heavy atom. The van der Waals surface area contributed by atoms with Crippen molar-refractivity contribution in [2.24, 2.45) is 0 Å². The van der Waals surface area contributed by atoms with Crippen LogP contribution in [0.3, 0.4) is 0 Å². The third-order valence-electron chi connectivity index (χ3n) is 3.15. The van der Waals surface area contributed by atoms with Crippen LogP contribution in [-0.4, -0.2) is 11.6 Å². The van der Waals surface area contributed by atoms with Crippen LogP contribution in [0, 0.1) is 0 Å². The largest absolute Gasteiger partial charge is 0.457 e. The van der Waals surface area contributed by atoms with Gasteiger partial charge in [0.1, 0.15) is 5.60 Å². The molecule has 0 atom stereocenters. The van der Waals surface area contributed by atoms with Gasteiger partial charge >= 0.3 is 5.97 Å². The van der Waals surface area contributed by atoms with Gasteiger partial charge in [-0.1, -0.05) is 63.8 Å². The van der Waals surface area contributed by atoms with Gasteiger partial charge in [0.2, 0.25) is 0 Å². The maximum atomic E-state index is 10.6. The zero-order valence-corrected chi connectivity index (χ0v) is 13.8. The Kier molecular flexibility index (Phi) is 9.11. The Labute approximate surface area is 129 Å². The summed E-state index contributed by atoms with van der Waals surface area (Å²) in [5.41, 5.74) is 2.26. The number of carbonyl (C=O) groups excluding carboxylic acids is 1. The fraction of sp³-hybridized carbons (Fsp3) is 0.421. The van der Waals surface area contributed by atoms with Gasteiger partial charge in [-0.2, -0.15) is 0 Å². The molecular formula is C19H28O2. The van der Waals surface area contributed by atoms with E-state index >= 15 is 0 Å². The van der Waals surface area contributed by atoms with Crippen molar-refractivity contribution in [2.75, 3.05) is 0 Å². The lowest BCUT2D eigenvalue weighted by Crippen LogP contribution is -2.25. The van der Waals surface area contributed by atoms with Crippen LogP contribution in [0.2, 0.25) is 0 Å². The highest BCUT2D eigenvalue weighted by Crippen LogP contribution is 2.13. The highest BCUT2D eigenvalue weighted by Gasteiger charge is 2.18. The van der Waals surface area contributed by atoms with Gasteiger partial charge in [0, 0.05) is 6.08 Å². The summed E-state index contributed by atoms with van der Waals surface area (Å²) in [6.07, 6.45) is 6.25. The van der Waals surface area contributed by atoms with Gasteiger partial charge < -0.3 is 4.74 Å². The van der Waals surface area contributed by atoms with Crippen molar-refractivity contribution in [3.8, 4) is 0 Å². The first-order valence-corrected chi connectivity index (χ1v) is 7.45. The predicted octanol–water partition coefficient (Wildman–Crippen LogP) is 5.19. The maximum absolute atomic E-state index is 10.6. The molecule has 116 valence electrons. The van der Waals surface area contributed by atoms with Gasteiger partial charge in [0.05, 0.1) is 0 Å². The van der Waals surface area contributed by atoms with Crippen LogP contribution in [0.15, 0.2) is 43.5 Å². The highest BCUT2D eigenvalue weighted by atomic mass is 16.6. The molecule has 1 rings (SSSR count). The predicted molar refractivity (Wildman–Crippen MR) is 91.2 cm³/mol. The standard InChI is InChI=1S/C11H14.C8H14O2/c1-3-5-11-8-6-10(4-2)7-9-11;1-5-7(9)10-8(3,4)6-2/h4,6-9H,2-3,5H2,1H3;5H,1,6H2,2-4H3. The lowest BCUT2D eigenvalue weighted by molar-refractivity contribution is -0.150. The van der Waals surface area contributed by atoms with E-state index in [0.717, 1.165) is 6.42 Å². The molecule has 0 amide bonds. The van der Waals surface area contributed by atoms with Crippen molar-refractivity contribution in [1.29, 1.82) is 0 Å². The monoisotopic (exact) mass is 288 g/mol. The highest BCUT2D eigenvalue weighted by molar-refractivity contribution is 5.81. The zero-order chi connectivity index (χ0) is 16.3. The van der Waals surface area contributed by atoms with Crippen molar-refractivity contribution in [2.45, 2.75) is 52.6 Å². The normalized spacial score (nSPS) is 10.1. The maximum Gasteiger partial charge on any atom is 0.330 e. The van der Waals surface area contributed by atoms with E-state index < -0.39 is 0 Å². The number of hydrogen-bond acceptors (Lipinski definition) is 2. The van der Waals surface area contributed by atoms with Gasteiger partial charge in [0.15, 0.2) is 0 Å². The molecular weight excluding hydrogens is 260 g/mol. The summed E-state index contributed by atoms with van der Waals surface area (Å²) < 4.78 is 4.98. The lowest BCUT2D eigenvalue weighted by Gasteiger charge is -2.21. The topological polar surface area (TPSA) is 26.3 Å². The molecule has 0 unspecified atom stereocenters. The SMILES string of the molecule is C=CC(=O)OC(C)(C)CC.C=Cc1ccc(CCC)cc1. The van der Waals surface area contributed by atoms with E-state index in [1.807, 2.05) is 26.8 Å². The number of ether oxygens (including phenoxy) is 1. The molecule has 0 saturated carbocycles. The van der Waals surface area contributed by atoms with Crippen molar-refractivity contribution in [1.82, 2.24) is 0 Å². The van der Waals surface area contributed by atoms with Gasteiger partial charge in [0.25, 0.3) is 0 Å². The second-order valence-corrected chi connectivity index (χ2v) is 5.43. The average molecular weight is 288 g/mol. The molecule has 0 fully saturated rings. The second kappa shape index (κ2) is 9.98. The van der Waals surface area contributed by atoms with E-state index in [2.05, 4.69) is 44.3 Å². The Morgan fingerprint density at radius 2 is 1.76 bits per heavy atom. The van der Waals surface area contributed by atoms with Gasteiger partial charge in [-0.15, -0.1) is 0 Å². The molecule has 1 aromatic carbocycles. The summed E-state index contributed by atoms with van der Waals surface area (Å²) in [4.78, 5) is 10.6. The summed E-state index contributed by atoms with van der Waals surface area (Å²) in [6, 6.07) is 8.55. The number of esters is 1. The Balaban J connectivity index is 0.000000384. The Morgan fingerprint density at radius 1 is 1.19 bits per heavy atom. The van der Waals surface area contributed by atoms with E-state index in [0.29, 0.717) is 0 Å². The fourth-order valence-corrected chi connectivity index (χ4v) is 1.50. The van der Waals surface area contributed by atoms with Crippen LogP contribution in [0.5, 0.6) is 0 Å². The molecule has 0 radical (unpaired) electrons. The van der Waals surface area contributed by atoms with Crippen LogP contribution < -0.4 is 0 Å². The molecule has 2 nitrogen and oxygen atoms in total. The summed E-state index contributed by atoms with van der Waals surface area (Å²) in [5.74, 6) is -0.355. The van der Waals surface area contributed by atoms with Crippen molar-refractivity contribution >= 4 is 12.0 Å². The molecule has 0 spiro atoms. The smallest absolute Gasteiger partial charge is 0.330 e. The number of hydrogen-bond donors (Lipinski definition) is 0. The Hall–Kier alpha value is -1.83. The molecule has 0 saturated heterocycles. The molecule has 21 heavy (non-hydrogen) atoms. The first-order chi connectivity index (χ1) is 9.88. The van der Waals surface area contributed by atoms with Crippen LogP contribution in [0.1, 0.15) is 51.7 Å². The lowest BCUT2D eigenvalue weighted by atomic mass is 10.1. The second-order valence-electron chi connectivity index (χ2n) is 5.43. The number of benzene rings is 1. The quantitative estimate of drug-likeness (QED) is 0.532. The average Bonchev–Trinajstić information content (AvgIpc) is 2.48. The van der Waals surface area contributed by atoms with Crippen molar-refractivity contribution < 1.29 is 9.53 Å². The minimum Gasteiger partial charge on any atom is -0.457 e. The number of aryl methyl sites for hydroxylation is 1. The molecule has 2 heteroatoms. The third-order valence-corrected chi connectivity index (χ3v) is 3.15. The molecule has 1 aromatic rings. The van der Waals surface area contributed by atoms with E-state index in [4.69, 9.17) is 4.74 Å². The first-order valence-electron chi connectivity index (χ1n) is 7.45.